The first-order valence-electron chi connectivity index (χ1n) is 23.1. The van der Waals surface area contributed by atoms with Gasteiger partial charge in [0.25, 0.3) is 11.8 Å². The maximum Gasteiger partial charge on any atom is 0.410 e. The Morgan fingerprint density at radius 2 is 1.60 bits per heavy atom. The summed E-state index contributed by atoms with van der Waals surface area (Å²) in [6, 6.07) is 21.4. The van der Waals surface area contributed by atoms with Gasteiger partial charge in [-0.2, -0.15) is 0 Å². The van der Waals surface area contributed by atoms with E-state index in [0.29, 0.717) is 50.1 Å². The summed E-state index contributed by atoms with van der Waals surface area (Å²) in [6.45, 7) is 8.63. The minimum Gasteiger partial charge on any atom is -0.444 e. The largest absolute Gasteiger partial charge is 0.444 e. The number of carbonyl (C=O) groups excluding carboxylic acids is 4. The Balaban J connectivity index is 1.02. The fourth-order valence-corrected chi connectivity index (χ4v) is 11.0. The molecule has 2 aliphatic carbocycles. The van der Waals surface area contributed by atoms with Gasteiger partial charge in [-0.1, -0.05) is 48.5 Å². The van der Waals surface area contributed by atoms with E-state index in [4.69, 9.17) is 9.72 Å². The molecule has 0 N–H and O–H groups in total. The van der Waals surface area contributed by atoms with Gasteiger partial charge < -0.3 is 9.64 Å². The van der Waals surface area contributed by atoms with E-state index in [1.54, 1.807) is 24.3 Å². The molecule has 8 rings (SSSR count). The van der Waals surface area contributed by atoms with Crippen LogP contribution in [0.4, 0.5) is 13.6 Å². The van der Waals surface area contributed by atoms with E-state index >= 15 is 0 Å². The lowest BCUT2D eigenvalue weighted by Gasteiger charge is -2.49. The van der Waals surface area contributed by atoms with Crippen LogP contribution < -0.4 is 0 Å². The highest BCUT2D eigenvalue weighted by molar-refractivity contribution is 6.21. The molecule has 2 bridgehead atoms. The zero-order valence-electron chi connectivity index (χ0n) is 36.7. The van der Waals surface area contributed by atoms with Gasteiger partial charge in [-0.15, -0.1) is 0 Å². The molecule has 0 spiro atoms. The van der Waals surface area contributed by atoms with Gasteiger partial charge >= 0.3 is 6.09 Å². The van der Waals surface area contributed by atoms with Crippen molar-refractivity contribution in [3.8, 4) is 0 Å². The van der Waals surface area contributed by atoms with Gasteiger partial charge in [-0.05, 0) is 133 Å². The summed E-state index contributed by atoms with van der Waals surface area (Å²) < 4.78 is 34.2. The van der Waals surface area contributed by atoms with Gasteiger partial charge in [0.15, 0.2) is 0 Å². The maximum atomic E-state index is 14.2. The van der Waals surface area contributed by atoms with Crippen LogP contribution in [-0.4, -0.2) is 111 Å². The van der Waals surface area contributed by atoms with Crippen LogP contribution in [0.5, 0.6) is 0 Å². The summed E-state index contributed by atoms with van der Waals surface area (Å²) in [7, 11) is 0. The number of unbranched alkanes of at least 4 members (excludes halogenated alkanes) is 1. The van der Waals surface area contributed by atoms with E-state index < -0.39 is 11.5 Å². The standard InChI is InChI=1S/C50H63F2N5O5/c1-49(2,3)62-48(61)57-32-38-20-21-41(55(38)30-24-37(34-13-5-4-6-14-34)31-44(58)35-22-25-50(51,52)26-23-35)43(57)33-54(42-19-11-15-36-16-12-27-53-45(36)42)28-9-10-29-56-46(59)39-17-7-8-18-40(39)47(56)60/h4-8,12-14,16-18,27,35,37-38,41-43H,9-11,15,19-26,28-33H2,1-3H3/t37-,38+,41-,42+,43?/m1/s1. The maximum absolute atomic E-state index is 14.2. The van der Waals surface area contributed by atoms with Gasteiger partial charge in [0.05, 0.1) is 28.9 Å². The van der Waals surface area contributed by atoms with Gasteiger partial charge in [0.1, 0.15) is 11.4 Å². The number of rotatable bonds is 15. The van der Waals surface area contributed by atoms with Gasteiger partial charge in [0.2, 0.25) is 5.92 Å². The summed E-state index contributed by atoms with van der Waals surface area (Å²) in [5.41, 5.74) is 3.67. The molecular formula is C50H63F2N5O5. The predicted molar refractivity (Wildman–Crippen MR) is 233 cm³/mol. The second-order valence-electron chi connectivity index (χ2n) is 19.4. The number of fused-ring (bicyclic) bond motifs is 4. The molecule has 2 aromatic carbocycles. The van der Waals surface area contributed by atoms with Crippen molar-refractivity contribution >= 4 is 23.7 Å². The molecule has 4 heterocycles. The number of aryl methyl sites for hydroxylation is 1. The molecule has 5 atom stereocenters. The smallest absolute Gasteiger partial charge is 0.410 e. The van der Waals surface area contributed by atoms with E-state index in [1.165, 1.54) is 10.5 Å². The second kappa shape index (κ2) is 18.7. The number of pyridine rings is 1. The summed E-state index contributed by atoms with van der Waals surface area (Å²) in [5, 5.41) is 0. The van der Waals surface area contributed by atoms with E-state index in [1.807, 2.05) is 56.1 Å². The van der Waals surface area contributed by atoms with Crippen LogP contribution >= 0.6 is 0 Å². The summed E-state index contributed by atoms with van der Waals surface area (Å²) >= 11 is 0. The fourth-order valence-electron chi connectivity index (χ4n) is 11.0. The Morgan fingerprint density at radius 1 is 0.887 bits per heavy atom. The van der Waals surface area contributed by atoms with Crippen LogP contribution in [0.2, 0.25) is 0 Å². The summed E-state index contributed by atoms with van der Waals surface area (Å²) in [5.74, 6) is -3.44. The number of ketones is 1. The average Bonchev–Trinajstić information content (AvgIpc) is 3.69. The first kappa shape index (κ1) is 44.1. The van der Waals surface area contributed by atoms with Crippen LogP contribution in [0.15, 0.2) is 72.9 Å². The number of halogens is 2. The number of piperazine rings is 1. The zero-order chi connectivity index (χ0) is 43.6. The SMILES string of the molecule is CC(C)(C)OC(=O)N1C[C@@H]2CC[C@H](C1CN(CCCCN1C(=O)c3ccccc3C1=O)[C@H]1CCCc3cccnc31)N2CC[C@H](CC(=O)C1CCC(F)(F)CC1)c1ccccc1. The lowest BCUT2D eigenvalue weighted by atomic mass is 9.79. The molecule has 5 aliphatic rings. The monoisotopic (exact) mass is 851 g/mol. The number of aromatic nitrogens is 1. The topological polar surface area (TPSA) is 103 Å². The Morgan fingerprint density at radius 3 is 2.31 bits per heavy atom. The van der Waals surface area contributed by atoms with Crippen molar-refractivity contribution in [1.29, 1.82) is 0 Å². The van der Waals surface area contributed by atoms with Crippen molar-refractivity contribution in [1.82, 2.24) is 24.6 Å². The van der Waals surface area contributed by atoms with Crippen molar-refractivity contribution in [2.45, 2.75) is 146 Å². The van der Waals surface area contributed by atoms with E-state index in [0.717, 1.165) is 62.7 Å². The van der Waals surface area contributed by atoms with Gasteiger partial charge in [-0.25, -0.2) is 13.6 Å². The number of amides is 3. The van der Waals surface area contributed by atoms with E-state index in [9.17, 15) is 28.0 Å². The number of nitrogens with zero attached hydrogens (tertiary/aromatic N) is 5. The van der Waals surface area contributed by atoms with Crippen LogP contribution in [0.3, 0.4) is 0 Å². The van der Waals surface area contributed by atoms with Crippen molar-refractivity contribution in [2.75, 3.05) is 32.7 Å². The molecule has 332 valence electrons. The van der Waals surface area contributed by atoms with Crippen molar-refractivity contribution < 1.29 is 32.7 Å². The van der Waals surface area contributed by atoms with Crippen LogP contribution in [0.1, 0.15) is 147 Å². The third-order valence-electron chi connectivity index (χ3n) is 14.2. The molecule has 1 aromatic heterocycles. The summed E-state index contributed by atoms with van der Waals surface area (Å²) in [4.78, 5) is 67.7. The molecule has 12 heteroatoms. The highest BCUT2D eigenvalue weighted by atomic mass is 19.3. The molecule has 3 aliphatic heterocycles. The quantitative estimate of drug-likeness (QED) is 0.110. The number of Topliss-reactive ketones (excluding diaryl/α,β-unsaturated/α-hetero) is 1. The number of hydrogen-bond acceptors (Lipinski definition) is 8. The Labute approximate surface area is 365 Å². The number of hydrogen-bond donors (Lipinski definition) is 0. The molecular weight excluding hydrogens is 789 g/mol. The minimum absolute atomic E-state index is 0.0422. The van der Waals surface area contributed by atoms with Crippen molar-refractivity contribution in [2.24, 2.45) is 5.92 Å². The van der Waals surface area contributed by atoms with E-state index in [-0.39, 0.29) is 85.4 Å². The minimum atomic E-state index is -2.68. The normalized spacial score (nSPS) is 24.3. The number of benzene rings is 2. The number of carbonyl (C=O) groups is 4. The third-order valence-corrected chi connectivity index (χ3v) is 14.2. The molecule has 3 fully saturated rings. The molecule has 10 nitrogen and oxygen atoms in total. The predicted octanol–water partition coefficient (Wildman–Crippen LogP) is 9.25. The summed E-state index contributed by atoms with van der Waals surface area (Å²) in [6.07, 6.45) is 8.85. The molecule has 2 saturated heterocycles. The Hall–Kier alpha value is -4.55. The van der Waals surface area contributed by atoms with E-state index in [2.05, 4.69) is 28.0 Å². The third kappa shape index (κ3) is 9.81. The zero-order valence-corrected chi connectivity index (χ0v) is 36.7. The molecule has 0 radical (unpaired) electrons. The molecule has 3 amide bonds. The van der Waals surface area contributed by atoms with Crippen LogP contribution in [-0.2, 0) is 16.0 Å². The molecule has 3 aromatic rings. The Kier molecular flexibility index (Phi) is 13.3. The molecule has 1 unspecified atom stereocenters. The van der Waals surface area contributed by atoms with Crippen molar-refractivity contribution in [3.05, 3.63) is 101 Å². The van der Waals surface area contributed by atoms with Crippen LogP contribution in [0.25, 0.3) is 0 Å². The number of likely N-dealkylation sites (tertiary alicyclic amines) is 1. The highest BCUT2D eigenvalue weighted by Gasteiger charge is 2.50. The Bertz CT molecular complexity index is 2050. The highest BCUT2D eigenvalue weighted by Crippen LogP contribution is 2.41. The lowest BCUT2D eigenvalue weighted by molar-refractivity contribution is -0.127. The first-order valence-corrected chi connectivity index (χ1v) is 23.1. The molecule has 62 heavy (non-hydrogen) atoms. The van der Waals surface area contributed by atoms with Gasteiger partial charge in [0, 0.05) is 63.1 Å². The van der Waals surface area contributed by atoms with Crippen molar-refractivity contribution in [3.63, 3.8) is 0 Å². The lowest BCUT2D eigenvalue weighted by Crippen LogP contribution is -2.64. The fraction of sp³-hybridized carbons (Fsp3) is 0.580. The van der Waals surface area contributed by atoms with Gasteiger partial charge in [-0.3, -0.25) is 34.1 Å². The first-order chi connectivity index (χ1) is 29.8. The number of alkyl halides is 2. The number of ether oxygens (including phenoxy) is 1. The van der Waals surface area contributed by atoms with Crippen LogP contribution in [0, 0.1) is 5.92 Å². The second-order valence-corrected chi connectivity index (χ2v) is 19.4. The molecule has 1 saturated carbocycles. The number of imide groups is 1. The average molecular weight is 852 g/mol.